The molecule has 2 fully saturated rings. The fraction of sp³-hybridized carbons (Fsp3) is 0.800. The normalized spacial score (nSPS) is 26.2. The minimum absolute atomic E-state index is 0.0414. The number of aryl methyl sites for hydroxylation is 2. The molecule has 142 valence electrons. The average Bonchev–Trinajstić information content (AvgIpc) is 2.88. The van der Waals surface area contributed by atoms with Crippen LogP contribution in [0.25, 0.3) is 0 Å². The summed E-state index contributed by atoms with van der Waals surface area (Å²) < 4.78 is 61.6. The zero-order valence-corrected chi connectivity index (χ0v) is 15.5. The van der Waals surface area contributed by atoms with Crippen molar-refractivity contribution in [1.29, 1.82) is 0 Å². The van der Waals surface area contributed by atoms with E-state index in [0.29, 0.717) is 6.54 Å². The van der Waals surface area contributed by atoms with E-state index in [1.807, 2.05) is 6.92 Å². The molecular formula is C15H24F2N4O3S. The first-order valence-electron chi connectivity index (χ1n) is 8.44. The van der Waals surface area contributed by atoms with Gasteiger partial charge in [-0.25, -0.2) is 17.2 Å². The summed E-state index contributed by atoms with van der Waals surface area (Å²) in [6.45, 7) is 6.05. The topological polar surface area (TPSA) is 67.7 Å². The number of fused-ring (bicyclic) bond motifs is 1. The van der Waals surface area contributed by atoms with Crippen LogP contribution >= 0.6 is 0 Å². The molecule has 0 saturated carbocycles. The molecule has 0 aromatic carbocycles. The number of morpholine rings is 1. The molecule has 0 aliphatic carbocycles. The number of likely N-dealkylation sites (N-methyl/N-ethyl adjacent to an activating group) is 1. The molecule has 0 N–H and O–H groups in total. The number of piperidine rings is 1. The molecule has 2 aliphatic heterocycles. The number of sulfonamides is 1. The van der Waals surface area contributed by atoms with Crippen molar-refractivity contribution in [3.8, 4) is 0 Å². The highest BCUT2D eigenvalue weighted by atomic mass is 32.2. The maximum atomic E-state index is 13.5. The molecule has 10 heteroatoms. The van der Waals surface area contributed by atoms with E-state index in [9.17, 15) is 17.2 Å². The first-order chi connectivity index (χ1) is 11.8. The Morgan fingerprint density at radius 3 is 2.72 bits per heavy atom. The van der Waals surface area contributed by atoms with E-state index in [1.54, 1.807) is 0 Å². The summed E-state index contributed by atoms with van der Waals surface area (Å²) in [6.07, 6.45) is -2.36. The molecule has 3 heterocycles. The van der Waals surface area contributed by atoms with E-state index < -0.39 is 27.0 Å². The van der Waals surface area contributed by atoms with Gasteiger partial charge in [0.1, 0.15) is 0 Å². The SMILES string of the molecule is CCN1CC[C@H]2OCCN(S(=O)(=O)c3c(C(F)F)c(C)nn3C)[C@H]2C1. The van der Waals surface area contributed by atoms with E-state index in [2.05, 4.69) is 10.00 Å². The van der Waals surface area contributed by atoms with Crippen molar-refractivity contribution in [2.75, 3.05) is 32.8 Å². The number of rotatable bonds is 4. The zero-order valence-electron chi connectivity index (χ0n) is 14.7. The summed E-state index contributed by atoms with van der Waals surface area (Å²) in [5.41, 5.74) is -0.464. The lowest BCUT2D eigenvalue weighted by atomic mass is 10.0. The number of nitrogens with zero attached hydrogens (tertiary/aromatic N) is 4. The van der Waals surface area contributed by atoms with Crippen LogP contribution in [0.4, 0.5) is 8.78 Å². The van der Waals surface area contributed by atoms with E-state index in [-0.39, 0.29) is 31.0 Å². The van der Waals surface area contributed by atoms with Gasteiger partial charge in [-0.05, 0) is 19.9 Å². The Morgan fingerprint density at radius 1 is 1.36 bits per heavy atom. The molecule has 1 aromatic heterocycles. The van der Waals surface area contributed by atoms with Crippen molar-refractivity contribution >= 4 is 10.0 Å². The highest BCUT2D eigenvalue weighted by Gasteiger charge is 2.45. The minimum Gasteiger partial charge on any atom is -0.375 e. The van der Waals surface area contributed by atoms with Crippen molar-refractivity contribution in [3.05, 3.63) is 11.3 Å². The third-order valence-electron chi connectivity index (χ3n) is 5.05. The van der Waals surface area contributed by atoms with Gasteiger partial charge in [-0.2, -0.15) is 9.40 Å². The van der Waals surface area contributed by atoms with Crippen molar-refractivity contribution < 1.29 is 21.9 Å². The van der Waals surface area contributed by atoms with Gasteiger partial charge in [-0.15, -0.1) is 0 Å². The Morgan fingerprint density at radius 2 is 2.08 bits per heavy atom. The predicted molar refractivity (Wildman–Crippen MR) is 87.1 cm³/mol. The molecule has 3 rings (SSSR count). The molecule has 0 radical (unpaired) electrons. The number of hydrogen-bond donors (Lipinski definition) is 0. The summed E-state index contributed by atoms with van der Waals surface area (Å²) in [4.78, 5) is 2.15. The standard InChI is InChI=1S/C15H24F2N4O3S/c1-4-20-6-5-12-11(9-20)21(7-8-24-12)25(22,23)15-13(14(16)17)10(2)18-19(15)3/h11-12,14H,4-9H2,1-3H3/t11-,12+/m0/s1. The van der Waals surface area contributed by atoms with E-state index in [4.69, 9.17) is 4.74 Å². The Labute approximate surface area is 146 Å². The Hall–Kier alpha value is -1.10. The summed E-state index contributed by atoms with van der Waals surface area (Å²) in [7, 11) is -2.71. The second-order valence-electron chi connectivity index (χ2n) is 6.50. The summed E-state index contributed by atoms with van der Waals surface area (Å²) in [5.74, 6) is 0. The van der Waals surface area contributed by atoms with Gasteiger partial charge in [0, 0.05) is 26.7 Å². The van der Waals surface area contributed by atoms with Crippen molar-refractivity contribution in [2.45, 2.75) is 43.9 Å². The number of hydrogen-bond acceptors (Lipinski definition) is 5. The minimum atomic E-state index is -4.10. The van der Waals surface area contributed by atoms with Gasteiger partial charge >= 0.3 is 0 Å². The van der Waals surface area contributed by atoms with Gasteiger partial charge in [0.05, 0.1) is 30.0 Å². The number of likely N-dealkylation sites (tertiary alicyclic amines) is 1. The molecule has 2 atom stereocenters. The third-order valence-corrected chi connectivity index (χ3v) is 7.09. The van der Waals surface area contributed by atoms with E-state index in [0.717, 1.165) is 24.2 Å². The molecule has 25 heavy (non-hydrogen) atoms. The summed E-state index contributed by atoms with van der Waals surface area (Å²) in [6, 6.07) is -0.367. The molecule has 2 saturated heterocycles. The lowest BCUT2D eigenvalue weighted by Crippen LogP contribution is -2.61. The van der Waals surface area contributed by atoms with Crippen LogP contribution in [0, 0.1) is 6.92 Å². The van der Waals surface area contributed by atoms with Crippen LogP contribution in [-0.2, 0) is 21.8 Å². The molecule has 1 aromatic rings. The Kier molecular flexibility index (Phi) is 5.16. The maximum absolute atomic E-state index is 13.5. The first kappa shape index (κ1) is 18.7. The molecule has 2 aliphatic rings. The monoisotopic (exact) mass is 378 g/mol. The van der Waals surface area contributed by atoms with Crippen molar-refractivity contribution in [2.24, 2.45) is 7.05 Å². The molecule has 0 bridgehead atoms. The summed E-state index contributed by atoms with van der Waals surface area (Å²) >= 11 is 0. The van der Waals surface area contributed by atoms with Crippen LogP contribution < -0.4 is 0 Å². The zero-order chi connectivity index (χ0) is 18.4. The van der Waals surface area contributed by atoms with Crippen LogP contribution in [0.1, 0.15) is 31.0 Å². The molecule has 0 unspecified atom stereocenters. The second kappa shape index (κ2) is 6.90. The van der Waals surface area contributed by atoms with Gasteiger partial charge in [-0.1, -0.05) is 6.92 Å². The lowest BCUT2D eigenvalue weighted by molar-refractivity contribution is -0.0750. The maximum Gasteiger partial charge on any atom is 0.268 e. The third kappa shape index (κ3) is 3.20. The molecular weight excluding hydrogens is 354 g/mol. The Balaban J connectivity index is 2.02. The lowest BCUT2D eigenvalue weighted by Gasteiger charge is -2.46. The van der Waals surface area contributed by atoms with Gasteiger partial charge < -0.3 is 9.64 Å². The van der Waals surface area contributed by atoms with Gasteiger partial charge in [-0.3, -0.25) is 4.68 Å². The van der Waals surface area contributed by atoms with Crippen LogP contribution in [-0.4, -0.2) is 72.3 Å². The number of ether oxygens (including phenoxy) is 1. The number of alkyl halides is 2. The number of aromatic nitrogens is 2. The van der Waals surface area contributed by atoms with E-state index >= 15 is 0 Å². The van der Waals surface area contributed by atoms with Gasteiger partial charge in [0.15, 0.2) is 5.03 Å². The average molecular weight is 378 g/mol. The van der Waals surface area contributed by atoms with Gasteiger partial charge in [0.2, 0.25) is 0 Å². The van der Waals surface area contributed by atoms with Crippen molar-refractivity contribution in [3.63, 3.8) is 0 Å². The van der Waals surface area contributed by atoms with Crippen LogP contribution in [0.2, 0.25) is 0 Å². The fourth-order valence-electron chi connectivity index (χ4n) is 3.81. The largest absolute Gasteiger partial charge is 0.375 e. The smallest absolute Gasteiger partial charge is 0.268 e. The van der Waals surface area contributed by atoms with Gasteiger partial charge in [0.25, 0.3) is 16.4 Å². The van der Waals surface area contributed by atoms with E-state index in [1.165, 1.54) is 18.3 Å². The van der Waals surface area contributed by atoms with Crippen LogP contribution in [0.15, 0.2) is 5.03 Å². The predicted octanol–water partition coefficient (Wildman–Crippen LogP) is 1.15. The quantitative estimate of drug-likeness (QED) is 0.786. The number of halogens is 2. The molecule has 0 spiro atoms. The van der Waals surface area contributed by atoms with Crippen LogP contribution in [0.5, 0.6) is 0 Å². The first-order valence-corrected chi connectivity index (χ1v) is 9.88. The highest BCUT2D eigenvalue weighted by Crippen LogP contribution is 2.34. The second-order valence-corrected chi connectivity index (χ2v) is 8.31. The fourth-order valence-corrected chi connectivity index (χ4v) is 5.80. The molecule has 7 nitrogen and oxygen atoms in total. The van der Waals surface area contributed by atoms with Crippen molar-refractivity contribution in [1.82, 2.24) is 19.0 Å². The Bertz CT molecular complexity index is 737. The molecule has 0 amide bonds. The highest BCUT2D eigenvalue weighted by molar-refractivity contribution is 7.89. The summed E-state index contributed by atoms with van der Waals surface area (Å²) in [5, 5.41) is 3.51. The van der Waals surface area contributed by atoms with Crippen LogP contribution in [0.3, 0.4) is 0 Å².